The molecule has 1 atom stereocenters. The standard InChI is InChI=1S/C17H15F3N2O2/c18-12-5-2-1-4-10(12)8-15(17(21)24)22-16(23)9-11-13(19)6-3-7-14(11)20/h1-7,15H,8-9H2,(H2,21,24)(H,22,23)/t15-/m0/s1. The van der Waals surface area contributed by atoms with Gasteiger partial charge in [0.2, 0.25) is 11.8 Å². The Balaban J connectivity index is 2.09. The second-order valence-corrected chi connectivity index (χ2v) is 5.19. The largest absolute Gasteiger partial charge is 0.368 e. The van der Waals surface area contributed by atoms with E-state index in [2.05, 4.69) is 5.32 Å². The van der Waals surface area contributed by atoms with Crippen LogP contribution in [0.4, 0.5) is 13.2 Å². The fourth-order valence-electron chi connectivity index (χ4n) is 2.21. The average molecular weight is 336 g/mol. The molecule has 0 radical (unpaired) electrons. The topological polar surface area (TPSA) is 72.2 Å². The van der Waals surface area contributed by atoms with Crippen molar-refractivity contribution in [3.63, 3.8) is 0 Å². The number of benzene rings is 2. The molecule has 0 aliphatic heterocycles. The van der Waals surface area contributed by atoms with Crippen LogP contribution < -0.4 is 11.1 Å². The summed E-state index contributed by atoms with van der Waals surface area (Å²) >= 11 is 0. The quantitative estimate of drug-likeness (QED) is 0.845. The molecule has 0 aliphatic carbocycles. The summed E-state index contributed by atoms with van der Waals surface area (Å²) in [6.07, 6.45) is -0.757. The second kappa shape index (κ2) is 7.63. The lowest BCUT2D eigenvalue weighted by molar-refractivity contribution is -0.127. The van der Waals surface area contributed by atoms with Gasteiger partial charge in [-0.15, -0.1) is 0 Å². The minimum absolute atomic E-state index is 0.159. The highest BCUT2D eigenvalue weighted by Gasteiger charge is 2.21. The number of primary amides is 1. The number of hydrogen-bond acceptors (Lipinski definition) is 2. The van der Waals surface area contributed by atoms with Gasteiger partial charge in [-0.1, -0.05) is 24.3 Å². The number of carbonyl (C=O) groups is 2. The van der Waals surface area contributed by atoms with E-state index in [0.29, 0.717) is 0 Å². The molecule has 0 aliphatic rings. The first kappa shape index (κ1) is 17.5. The van der Waals surface area contributed by atoms with E-state index in [0.717, 1.165) is 12.1 Å². The van der Waals surface area contributed by atoms with Gasteiger partial charge in [-0.2, -0.15) is 0 Å². The third-order valence-electron chi connectivity index (χ3n) is 3.46. The first-order valence-corrected chi connectivity index (χ1v) is 7.13. The van der Waals surface area contributed by atoms with Crippen LogP contribution in [0.3, 0.4) is 0 Å². The van der Waals surface area contributed by atoms with E-state index >= 15 is 0 Å². The number of rotatable bonds is 6. The Bertz CT molecular complexity index is 745. The molecule has 3 N–H and O–H groups in total. The first-order valence-electron chi connectivity index (χ1n) is 7.13. The number of nitrogens with one attached hydrogen (secondary N) is 1. The summed E-state index contributed by atoms with van der Waals surface area (Å²) in [5.41, 5.74) is 4.99. The lowest BCUT2D eigenvalue weighted by Crippen LogP contribution is -2.46. The maximum absolute atomic E-state index is 13.6. The SMILES string of the molecule is NC(=O)[C@H](Cc1ccccc1F)NC(=O)Cc1c(F)cccc1F. The fourth-order valence-corrected chi connectivity index (χ4v) is 2.21. The molecule has 2 aromatic rings. The van der Waals surface area contributed by atoms with E-state index < -0.39 is 47.3 Å². The molecule has 0 spiro atoms. The summed E-state index contributed by atoms with van der Waals surface area (Å²) in [7, 11) is 0. The number of halogens is 3. The van der Waals surface area contributed by atoms with Crippen molar-refractivity contribution < 1.29 is 22.8 Å². The van der Waals surface area contributed by atoms with Gasteiger partial charge in [0.25, 0.3) is 0 Å². The first-order chi connectivity index (χ1) is 11.4. The summed E-state index contributed by atoms with van der Waals surface area (Å²) in [6, 6.07) is 7.76. The lowest BCUT2D eigenvalue weighted by Gasteiger charge is -2.16. The van der Waals surface area contributed by atoms with E-state index in [1.54, 1.807) is 6.07 Å². The van der Waals surface area contributed by atoms with Crippen molar-refractivity contribution in [2.24, 2.45) is 5.73 Å². The zero-order valence-corrected chi connectivity index (χ0v) is 12.6. The maximum atomic E-state index is 13.6. The summed E-state index contributed by atoms with van der Waals surface area (Å²) < 4.78 is 40.7. The van der Waals surface area contributed by atoms with Crippen LogP contribution in [0.1, 0.15) is 11.1 Å². The third kappa shape index (κ3) is 4.34. The predicted octanol–water partition coefficient (Wildman–Crippen LogP) is 1.86. The van der Waals surface area contributed by atoms with Gasteiger partial charge in [-0.05, 0) is 23.8 Å². The minimum Gasteiger partial charge on any atom is -0.368 e. The highest BCUT2D eigenvalue weighted by Crippen LogP contribution is 2.13. The summed E-state index contributed by atoms with van der Waals surface area (Å²) in [5.74, 6) is -3.94. The molecule has 7 heteroatoms. The minimum atomic E-state index is -1.19. The molecule has 126 valence electrons. The van der Waals surface area contributed by atoms with Crippen molar-refractivity contribution >= 4 is 11.8 Å². The number of hydrogen-bond donors (Lipinski definition) is 2. The summed E-state index contributed by atoms with van der Waals surface area (Å²) in [6.45, 7) is 0. The van der Waals surface area contributed by atoms with Crippen LogP contribution in [0.2, 0.25) is 0 Å². The molecule has 2 amide bonds. The van der Waals surface area contributed by atoms with E-state index in [1.807, 2.05) is 0 Å². The second-order valence-electron chi connectivity index (χ2n) is 5.19. The molecule has 0 saturated carbocycles. The van der Waals surface area contributed by atoms with Crippen molar-refractivity contribution in [1.82, 2.24) is 5.32 Å². The molecule has 0 unspecified atom stereocenters. The number of nitrogens with two attached hydrogens (primary N) is 1. The molecule has 0 fully saturated rings. The highest BCUT2D eigenvalue weighted by atomic mass is 19.1. The van der Waals surface area contributed by atoms with Crippen LogP contribution in [0.5, 0.6) is 0 Å². The zero-order valence-electron chi connectivity index (χ0n) is 12.6. The van der Waals surface area contributed by atoms with Gasteiger partial charge in [-0.25, -0.2) is 13.2 Å². The Morgan fingerprint density at radius 2 is 1.54 bits per heavy atom. The van der Waals surface area contributed by atoms with E-state index in [-0.39, 0.29) is 12.0 Å². The molecule has 2 aromatic carbocycles. The normalized spacial score (nSPS) is 11.8. The third-order valence-corrected chi connectivity index (χ3v) is 3.46. The molecule has 2 rings (SSSR count). The lowest BCUT2D eigenvalue weighted by atomic mass is 10.0. The van der Waals surface area contributed by atoms with Gasteiger partial charge in [0, 0.05) is 12.0 Å². The average Bonchev–Trinajstić information content (AvgIpc) is 2.52. The molecule has 0 bridgehead atoms. The Labute approximate surface area is 136 Å². The number of amides is 2. The molecule has 0 saturated heterocycles. The Morgan fingerprint density at radius 3 is 2.12 bits per heavy atom. The molecular formula is C17H15F3N2O2. The molecular weight excluding hydrogens is 321 g/mol. The Morgan fingerprint density at radius 1 is 0.958 bits per heavy atom. The van der Waals surface area contributed by atoms with Crippen molar-refractivity contribution in [3.05, 3.63) is 71.0 Å². The van der Waals surface area contributed by atoms with E-state index in [9.17, 15) is 22.8 Å². The van der Waals surface area contributed by atoms with Crippen molar-refractivity contribution in [3.8, 4) is 0 Å². The predicted molar refractivity (Wildman–Crippen MR) is 81.3 cm³/mol. The summed E-state index contributed by atoms with van der Waals surface area (Å²) in [4.78, 5) is 23.4. The van der Waals surface area contributed by atoms with Crippen molar-refractivity contribution in [1.29, 1.82) is 0 Å². The molecule has 4 nitrogen and oxygen atoms in total. The highest BCUT2D eigenvalue weighted by molar-refractivity contribution is 5.87. The van der Waals surface area contributed by atoms with Crippen molar-refractivity contribution in [2.45, 2.75) is 18.9 Å². The van der Waals surface area contributed by atoms with Crippen LogP contribution in [0.15, 0.2) is 42.5 Å². The van der Waals surface area contributed by atoms with Crippen molar-refractivity contribution in [2.75, 3.05) is 0 Å². The van der Waals surface area contributed by atoms with Gasteiger partial charge < -0.3 is 11.1 Å². The zero-order chi connectivity index (χ0) is 17.7. The van der Waals surface area contributed by atoms with Gasteiger partial charge in [-0.3, -0.25) is 9.59 Å². The van der Waals surface area contributed by atoms with E-state index in [4.69, 9.17) is 5.73 Å². The van der Waals surface area contributed by atoms with Gasteiger partial charge in [0.05, 0.1) is 6.42 Å². The van der Waals surface area contributed by atoms with Crippen LogP contribution in [0, 0.1) is 17.5 Å². The number of carbonyl (C=O) groups excluding carboxylic acids is 2. The van der Waals surface area contributed by atoms with Crippen LogP contribution in [0.25, 0.3) is 0 Å². The van der Waals surface area contributed by atoms with E-state index in [1.165, 1.54) is 24.3 Å². The fraction of sp³-hybridized carbons (Fsp3) is 0.176. The van der Waals surface area contributed by atoms with Gasteiger partial charge in [0.15, 0.2) is 0 Å². The summed E-state index contributed by atoms with van der Waals surface area (Å²) in [5, 5.41) is 2.28. The van der Waals surface area contributed by atoms with Crippen LogP contribution in [-0.2, 0) is 22.4 Å². The monoisotopic (exact) mass is 336 g/mol. The molecule has 0 heterocycles. The van der Waals surface area contributed by atoms with Crippen LogP contribution in [-0.4, -0.2) is 17.9 Å². The molecule has 0 aromatic heterocycles. The maximum Gasteiger partial charge on any atom is 0.240 e. The van der Waals surface area contributed by atoms with Gasteiger partial charge >= 0.3 is 0 Å². The van der Waals surface area contributed by atoms with Crippen LogP contribution >= 0.6 is 0 Å². The smallest absolute Gasteiger partial charge is 0.240 e. The molecule has 24 heavy (non-hydrogen) atoms. The Hall–Kier alpha value is -2.83. The Kier molecular flexibility index (Phi) is 5.57. The van der Waals surface area contributed by atoms with Gasteiger partial charge in [0.1, 0.15) is 23.5 Å².